The van der Waals surface area contributed by atoms with Gasteiger partial charge in [-0.25, -0.2) is 0 Å². The Morgan fingerprint density at radius 3 is 2.39 bits per heavy atom. The lowest BCUT2D eigenvalue weighted by molar-refractivity contribution is 0.0488. The lowest BCUT2D eigenvalue weighted by Gasteiger charge is -2.23. The minimum Gasteiger partial charge on any atom is -0.390 e. The van der Waals surface area contributed by atoms with Gasteiger partial charge in [-0.05, 0) is 41.6 Å². The molecule has 0 saturated carbocycles. The molecule has 1 N–H and O–H groups in total. The third-order valence-electron chi connectivity index (χ3n) is 3.83. The van der Waals surface area contributed by atoms with E-state index in [9.17, 15) is 14.7 Å². The molecule has 1 aromatic carbocycles. The number of rotatable bonds is 6. The van der Waals surface area contributed by atoms with Crippen molar-refractivity contribution in [1.82, 2.24) is 9.80 Å². The van der Waals surface area contributed by atoms with Gasteiger partial charge in [-0.15, -0.1) is 0 Å². The molecule has 2 aromatic rings. The summed E-state index contributed by atoms with van der Waals surface area (Å²) in [7, 11) is 1.91. The Morgan fingerprint density at radius 1 is 1.17 bits per heavy atom. The van der Waals surface area contributed by atoms with Gasteiger partial charge in [-0.3, -0.25) is 19.4 Å². The number of hydrogen-bond acceptors (Lipinski definition) is 5. The molecule has 1 aliphatic heterocycles. The molecular formula is C17H18N2O3S. The number of carbonyl (C=O) groups is 2. The minimum absolute atomic E-state index is 0.0142. The number of carbonyl (C=O) groups excluding carboxylic acids is 2. The van der Waals surface area contributed by atoms with E-state index in [1.807, 2.05) is 23.4 Å². The van der Waals surface area contributed by atoms with E-state index in [1.54, 1.807) is 35.6 Å². The number of imide groups is 1. The van der Waals surface area contributed by atoms with Crippen molar-refractivity contribution in [2.75, 3.05) is 20.1 Å². The van der Waals surface area contributed by atoms with Gasteiger partial charge in [-0.2, -0.15) is 11.3 Å². The van der Waals surface area contributed by atoms with Gasteiger partial charge in [0, 0.05) is 13.1 Å². The van der Waals surface area contributed by atoms with Gasteiger partial charge >= 0.3 is 0 Å². The number of aliphatic hydroxyl groups excluding tert-OH is 1. The third kappa shape index (κ3) is 3.34. The van der Waals surface area contributed by atoms with Crippen molar-refractivity contribution in [3.63, 3.8) is 0 Å². The van der Waals surface area contributed by atoms with E-state index in [2.05, 4.69) is 5.38 Å². The smallest absolute Gasteiger partial charge is 0.261 e. The van der Waals surface area contributed by atoms with Crippen LogP contribution in [0.2, 0.25) is 0 Å². The van der Waals surface area contributed by atoms with Gasteiger partial charge in [0.25, 0.3) is 11.8 Å². The predicted octanol–water partition coefficient (Wildman–Crippen LogP) is 1.84. The lowest BCUT2D eigenvalue weighted by Crippen LogP contribution is -2.41. The first kappa shape index (κ1) is 15.9. The number of hydrogen-bond donors (Lipinski definition) is 1. The maximum atomic E-state index is 12.3. The highest BCUT2D eigenvalue weighted by molar-refractivity contribution is 7.07. The zero-order valence-electron chi connectivity index (χ0n) is 12.8. The summed E-state index contributed by atoms with van der Waals surface area (Å²) in [4.78, 5) is 27.6. The summed E-state index contributed by atoms with van der Waals surface area (Å²) in [6, 6.07) is 8.80. The monoisotopic (exact) mass is 330 g/mol. The largest absolute Gasteiger partial charge is 0.390 e. The molecule has 3 rings (SSSR count). The van der Waals surface area contributed by atoms with Crippen LogP contribution in [0.3, 0.4) is 0 Å². The Bertz CT molecular complexity index is 679. The maximum absolute atomic E-state index is 12.3. The second kappa shape index (κ2) is 6.62. The molecule has 1 unspecified atom stereocenters. The molecule has 1 atom stereocenters. The summed E-state index contributed by atoms with van der Waals surface area (Å²) >= 11 is 1.63. The number of nitrogens with zero attached hydrogens (tertiary/aromatic N) is 2. The zero-order valence-corrected chi connectivity index (χ0v) is 13.6. The van der Waals surface area contributed by atoms with Crippen LogP contribution in [0.5, 0.6) is 0 Å². The number of benzene rings is 1. The molecule has 0 radical (unpaired) electrons. The number of likely N-dealkylation sites (N-methyl/N-ethyl adjacent to an activating group) is 1. The number of aliphatic hydroxyl groups is 1. The van der Waals surface area contributed by atoms with Gasteiger partial charge in [0.2, 0.25) is 0 Å². The maximum Gasteiger partial charge on any atom is 0.261 e. The van der Waals surface area contributed by atoms with Crippen molar-refractivity contribution >= 4 is 23.2 Å². The molecule has 2 amide bonds. The van der Waals surface area contributed by atoms with Crippen LogP contribution >= 0.6 is 11.3 Å². The fourth-order valence-electron chi connectivity index (χ4n) is 2.79. The molecule has 6 heteroatoms. The molecule has 0 fully saturated rings. The van der Waals surface area contributed by atoms with Crippen molar-refractivity contribution in [3.8, 4) is 0 Å². The highest BCUT2D eigenvalue weighted by Crippen LogP contribution is 2.22. The van der Waals surface area contributed by atoms with Crippen LogP contribution in [0.15, 0.2) is 41.1 Å². The molecule has 0 saturated heterocycles. The number of β-amino-alcohol motifs (C(OH)–C–C–N with tert-alkyl or cyclic N) is 1. The van der Waals surface area contributed by atoms with Gasteiger partial charge in [0.15, 0.2) is 0 Å². The molecule has 0 bridgehead atoms. The number of thiophene rings is 1. The van der Waals surface area contributed by atoms with E-state index in [4.69, 9.17) is 0 Å². The van der Waals surface area contributed by atoms with Crippen LogP contribution in [-0.2, 0) is 6.54 Å². The molecule has 120 valence electrons. The standard InChI is InChI=1S/C17H18N2O3S/c1-18(8-12-6-7-23-11-12)9-13(20)10-19-16(21)14-4-2-3-5-15(14)17(19)22/h2-7,11,13,20H,8-10H2,1H3. The first-order valence-electron chi connectivity index (χ1n) is 7.39. The van der Waals surface area contributed by atoms with Gasteiger partial charge in [-0.1, -0.05) is 12.1 Å². The first-order valence-corrected chi connectivity index (χ1v) is 8.33. The Morgan fingerprint density at radius 2 is 1.83 bits per heavy atom. The summed E-state index contributed by atoms with van der Waals surface area (Å²) in [5, 5.41) is 14.3. The number of fused-ring (bicyclic) bond motifs is 1. The predicted molar refractivity (Wildman–Crippen MR) is 88.5 cm³/mol. The summed E-state index contributed by atoms with van der Waals surface area (Å²) < 4.78 is 0. The lowest BCUT2D eigenvalue weighted by atomic mass is 10.1. The van der Waals surface area contributed by atoms with Crippen LogP contribution in [-0.4, -0.2) is 53.0 Å². The molecule has 1 aromatic heterocycles. The number of amides is 2. The second-order valence-electron chi connectivity index (χ2n) is 5.75. The molecule has 0 aliphatic carbocycles. The third-order valence-corrected chi connectivity index (χ3v) is 4.56. The Kier molecular flexibility index (Phi) is 4.56. The average Bonchev–Trinajstić information content (AvgIpc) is 3.11. The Labute approximate surface area is 138 Å². The summed E-state index contributed by atoms with van der Waals surface area (Å²) in [5.41, 5.74) is 2.01. The molecule has 5 nitrogen and oxygen atoms in total. The molecule has 23 heavy (non-hydrogen) atoms. The SMILES string of the molecule is CN(Cc1ccsc1)CC(O)CN1C(=O)c2ccccc2C1=O. The first-order chi connectivity index (χ1) is 11.1. The van der Waals surface area contributed by atoms with Crippen LogP contribution < -0.4 is 0 Å². The summed E-state index contributed by atoms with van der Waals surface area (Å²) in [5.74, 6) is -0.657. The van der Waals surface area contributed by atoms with Crippen LogP contribution in [0.25, 0.3) is 0 Å². The van der Waals surface area contributed by atoms with E-state index in [1.165, 1.54) is 5.56 Å². The fourth-order valence-corrected chi connectivity index (χ4v) is 3.45. The van der Waals surface area contributed by atoms with E-state index >= 15 is 0 Å². The van der Waals surface area contributed by atoms with Crippen molar-refractivity contribution in [1.29, 1.82) is 0 Å². The van der Waals surface area contributed by atoms with Crippen molar-refractivity contribution < 1.29 is 14.7 Å². The van der Waals surface area contributed by atoms with Gasteiger partial charge in [0.1, 0.15) is 0 Å². The topological polar surface area (TPSA) is 60.9 Å². The second-order valence-corrected chi connectivity index (χ2v) is 6.53. The molecule has 1 aliphatic rings. The highest BCUT2D eigenvalue weighted by atomic mass is 32.1. The van der Waals surface area contributed by atoms with E-state index in [0.717, 1.165) is 11.4 Å². The molecule has 0 spiro atoms. The van der Waals surface area contributed by atoms with Crippen LogP contribution in [0.4, 0.5) is 0 Å². The van der Waals surface area contributed by atoms with Gasteiger partial charge < -0.3 is 5.11 Å². The Balaban J connectivity index is 1.59. The van der Waals surface area contributed by atoms with Crippen LogP contribution in [0.1, 0.15) is 26.3 Å². The Hall–Kier alpha value is -2.02. The summed E-state index contributed by atoms with van der Waals surface area (Å²) in [6.07, 6.45) is -0.777. The quantitative estimate of drug-likeness (QED) is 0.821. The molecule has 2 heterocycles. The fraction of sp³-hybridized carbons (Fsp3) is 0.294. The average molecular weight is 330 g/mol. The highest BCUT2D eigenvalue weighted by Gasteiger charge is 2.36. The molecular weight excluding hydrogens is 312 g/mol. The zero-order chi connectivity index (χ0) is 16.4. The van der Waals surface area contributed by atoms with Crippen molar-refractivity contribution in [3.05, 3.63) is 57.8 Å². The normalized spacial score (nSPS) is 15.3. The van der Waals surface area contributed by atoms with E-state index < -0.39 is 6.10 Å². The van der Waals surface area contributed by atoms with Crippen LogP contribution in [0, 0.1) is 0 Å². The van der Waals surface area contributed by atoms with Crippen molar-refractivity contribution in [2.24, 2.45) is 0 Å². The van der Waals surface area contributed by atoms with E-state index in [0.29, 0.717) is 17.7 Å². The minimum atomic E-state index is -0.777. The summed E-state index contributed by atoms with van der Waals surface area (Å²) in [6.45, 7) is 1.13. The van der Waals surface area contributed by atoms with E-state index in [-0.39, 0.29) is 18.4 Å². The van der Waals surface area contributed by atoms with Gasteiger partial charge in [0.05, 0.1) is 23.8 Å². The van der Waals surface area contributed by atoms with Crippen molar-refractivity contribution in [2.45, 2.75) is 12.6 Å².